The molecule has 2 fully saturated rings. The third-order valence-electron chi connectivity index (χ3n) is 5.00. The molecule has 1 aromatic carbocycles. The minimum atomic E-state index is -1.42. The first-order chi connectivity index (χ1) is 12.2. The maximum atomic E-state index is 11.6. The normalized spacial score (nSPS) is 33.3. The van der Waals surface area contributed by atoms with Gasteiger partial charge in [-0.1, -0.05) is 0 Å². The Balaban J connectivity index is 1.35. The predicted octanol–water partition coefficient (Wildman–Crippen LogP) is 1.79. The molecule has 0 saturated carbocycles. The average Bonchev–Trinajstić information content (AvgIpc) is 3.12. The van der Waals surface area contributed by atoms with Crippen molar-refractivity contribution in [2.45, 2.75) is 50.1 Å². The lowest BCUT2D eigenvalue weighted by molar-refractivity contribution is -0.153. The van der Waals surface area contributed by atoms with Gasteiger partial charge >= 0.3 is 11.6 Å². The topological polar surface area (TPSA) is 98.5 Å². The number of fused-ring (bicyclic) bond motifs is 1. The van der Waals surface area contributed by atoms with Crippen LogP contribution in [0.5, 0.6) is 5.75 Å². The molecule has 2 aliphatic rings. The van der Waals surface area contributed by atoms with Gasteiger partial charge in [0.05, 0.1) is 5.60 Å². The Labute approximate surface area is 149 Å². The summed E-state index contributed by atoms with van der Waals surface area (Å²) in [4.78, 5) is 22.9. The molecule has 4 rings (SSSR count). The molecular weight excluding hydrogens is 340 g/mol. The average molecular weight is 360 g/mol. The summed E-state index contributed by atoms with van der Waals surface area (Å²) < 4.78 is 21.8. The van der Waals surface area contributed by atoms with Gasteiger partial charge in [0, 0.05) is 30.4 Å². The van der Waals surface area contributed by atoms with Gasteiger partial charge in [-0.3, -0.25) is 0 Å². The van der Waals surface area contributed by atoms with Gasteiger partial charge < -0.3 is 23.7 Å². The fourth-order valence-electron chi connectivity index (χ4n) is 3.40. The second-order valence-electron chi connectivity index (χ2n) is 7.39. The number of carbonyl (C=O) groups excluding carboxylic acids is 1. The lowest BCUT2D eigenvalue weighted by Crippen LogP contribution is -2.29. The van der Waals surface area contributed by atoms with Crippen molar-refractivity contribution in [3.8, 4) is 5.75 Å². The molecule has 26 heavy (non-hydrogen) atoms. The van der Waals surface area contributed by atoms with Gasteiger partial charge in [0.1, 0.15) is 30.1 Å². The van der Waals surface area contributed by atoms with Gasteiger partial charge in [0.25, 0.3) is 0 Å². The van der Waals surface area contributed by atoms with Crippen LogP contribution in [0, 0.1) is 0 Å². The third-order valence-corrected chi connectivity index (χ3v) is 5.00. The number of rotatable bonds is 5. The van der Waals surface area contributed by atoms with Gasteiger partial charge in [-0.15, -0.1) is 0 Å². The van der Waals surface area contributed by atoms with Crippen molar-refractivity contribution in [1.29, 1.82) is 0 Å². The molecule has 1 aromatic heterocycles. The molecule has 7 nitrogen and oxygen atoms in total. The van der Waals surface area contributed by atoms with Crippen molar-refractivity contribution >= 4 is 16.9 Å². The summed E-state index contributed by atoms with van der Waals surface area (Å²) in [5, 5.41) is 10.7. The molecule has 0 amide bonds. The molecule has 3 heterocycles. The highest BCUT2D eigenvalue weighted by Crippen LogP contribution is 2.43. The van der Waals surface area contributed by atoms with Crippen LogP contribution < -0.4 is 10.4 Å². The van der Waals surface area contributed by atoms with Crippen molar-refractivity contribution in [2.24, 2.45) is 0 Å². The molecule has 4 atom stereocenters. The summed E-state index contributed by atoms with van der Waals surface area (Å²) in [6.45, 7) is 3.72. The van der Waals surface area contributed by atoms with Crippen LogP contribution in [0.4, 0.5) is 0 Å². The molecule has 0 unspecified atom stereocenters. The van der Waals surface area contributed by atoms with Crippen LogP contribution in [0.1, 0.15) is 26.7 Å². The number of aliphatic hydroxyl groups is 1. The van der Waals surface area contributed by atoms with Crippen LogP contribution in [0.25, 0.3) is 11.0 Å². The molecule has 1 N–H and O–H groups in total. The van der Waals surface area contributed by atoms with Crippen LogP contribution in [0.2, 0.25) is 0 Å². The van der Waals surface area contributed by atoms with E-state index in [0.29, 0.717) is 24.4 Å². The molecule has 138 valence electrons. The van der Waals surface area contributed by atoms with E-state index >= 15 is 0 Å². The van der Waals surface area contributed by atoms with Crippen molar-refractivity contribution < 1.29 is 28.5 Å². The number of esters is 1. The Morgan fingerprint density at radius 1 is 1.23 bits per heavy atom. The Kier molecular flexibility index (Phi) is 3.82. The zero-order valence-electron chi connectivity index (χ0n) is 14.6. The molecule has 7 heteroatoms. The maximum Gasteiger partial charge on any atom is 0.338 e. The van der Waals surface area contributed by atoms with Gasteiger partial charge in [0.2, 0.25) is 0 Å². The minimum absolute atomic E-state index is 0.134. The van der Waals surface area contributed by atoms with Crippen molar-refractivity contribution in [1.82, 2.24) is 0 Å². The Bertz CT molecular complexity index is 915. The quantitative estimate of drug-likeness (QED) is 0.493. The van der Waals surface area contributed by atoms with Crippen LogP contribution in [0.3, 0.4) is 0 Å². The Hall–Kier alpha value is -2.38. The summed E-state index contributed by atoms with van der Waals surface area (Å²) in [5.41, 5.74) is -1.81. The Morgan fingerprint density at radius 2 is 2.00 bits per heavy atom. The SMILES string of the molecule is C[C@]1(C[C@@H]2C[C@@](C)(O)C(=O)O2)O[C@@H]1COc1ccc2ccc(=O)oc2c1. The van der Waals surface area contributed by atoms with Crippen LogP contribution in [-0.2, 0) is 14.3 Å². The number of cyclic esters (lactones) is 1. The van der Waals surface area contributed by atoms with Gasteiger partial charge in [-0.2, -0.15) is 0 Å². The van der Waals surface area contributed by atoms with Crippen molar-refractivity contribution in [3.63, 3.8) is 0 Å². The molecule has 0 radical (unpaired) electrons. The van der Waals surface area contributed by atoms with Gasteiger partial charge in [-0.05, 0) is 32.0 Å². The molecule has 0 aliphatic carbocycles. The summed E-state index contributed by atoms with van der Waals surface area (Å²) >= 11 is 0. The summed E-state index contributed by atoms with van der Waals surface area (Å²) in [5.74, 6) is -0.00265. The number of ether oxygens (including phenoxy) is 3. The standard InChI is InChI=1S/C19H20O7/c1-18(22)8-13(24-17(18)21)9-19(2)15(26-19)10-23-12-5-3-11-4-6-16(20)25-14(11)7-12/h3-7,13,15,22H,8-10H2,1-2H3/t13-,15+,18+,19+/m0/s1. The van der Waals surface area contributed by atoms with E-state index < -0.39 is 22.8 Å². The summed E-state index contributed by atoms with van der Waals surface area (Å²) in [6.07, 6.45) is 0.282. The third kappa shape index (κ3) is 3.20. The molecule has 2 aliphatic heterocycles. The summed E-state index contributed by atoms with van der Waals surface area (Å²) in [6, 6.07) is 8.37. The van der Waals surface area contributed by atoms with Crippen LogP contribution in [0.15, 0.2) is 39.5 Å². The fraction of sp³-hybridized carbons (Fsp3) is 0.474. The van der Waals surface area contributed by atoms with Crippen molar-refractivity contribution in [3.05, 3.63) is 40.8 Å². The fourth-order valence-corrected chi connectivity index (χ4v) is 3.40. The smallest absolute Gasteiger partial charge is 0.338 e. The number of hydrogen-bond donors (Lipinski definition) is 1. The monoisotopic (exact) mass is 360 g/mol. The first kappa shape index (κ1) is 17.1. The van der Waals surface area contributed by atoms with Crippen LogP contribution in [-0.4, -0.2) is 41.1 Å². The largest absolute Gasteiger partial charge is 0.491 e. The molecule has 2 aromatic rings. The van der Waals surface area contributed by atoms with E-state index in [1.807, 2.05) is 13.0 Å². The van der Waals surface area contributed by atoms with E-state index in [9.17, 15) is 14.7 Å². The zero-order chi connectivity index (χ0) is 18.5. The highest BCUT2D eigenvalue weighted by Gasteiger charge is 2.56. The number of epoxide rings is 1. The highest BCUT2D eigenvalue weighted by atomic mass is 16.6. The van der Waals surface area contributed by atoms with E-state index in [2.05, 4.69) is 0 Å². The Morgan fingerprint density at radius 3 is 2.73 bits per heavy atom. The highest BCUT2D eigenvalue weighted by molar-refractivity contribution is 5.81. The second-order valence-corrected chi connectivity index (χ2v) is 7.39. The van der Waals surface area contributed by atoms with E-state index in [4.69, 9.17) is 18.6 Å². The molecule has 0 spiro atoms. The van der Waals surface area contributed by atoms with E-state index in [1.54, 1.807) is 18.2 Å². The number of benzene rings is 1. The van der Waals surface area contributed by atoms with Gasteiger partial charge in [0.15, 0.2) is 5.60 Å². The molecule has 2 saturated heterocycles. The summed E-state index contributed by atoms with van der Waals surface area (Å²) in [7, 11) is 0. The van der Waals surface area contributed by atoms with Crippen LogP contribution >= 0.6 is 0 Å². The number of hydrogen-bond acceptors (Lipinski definition) is 7. The predicted molar refractivity (Wildman–Crippen MR) is 91.0 cm³/mol. The maximum absolute atomic E-state index is 11.6. The van der Waals surface area contributed by atoms with Gasteiger partial charge in [-0.25, -0.2) is 9.59 Å². The minimum Gasteiger partial charge on any atom is -0.491 e. The van der Waals surface area contributed by atoms with Crippen molar-refractivity contribution in [2.75, 3.05) is 6.61 Å². The first-order valence-corrected chi connectivity index (χ1v) is 8.53. The lowest BCUT2D eigenvalue weighted by Gasteiger charge is -2.13. The second kappa shape index (κ2) is 5.82. The zero-order valence-corrected chi connectivity index (χ0v) is 14.6. The van der Waals surface area contributed by atoms with E-state index in [-0.39, 0.29) is 18.6 Å². The van der Waals surface area contributed by atoms with E-state index in [0.717, 1.165) is 5.39 Å². The molecular formula is C19H20O7. The first-order valence-electron chi connectivity index (χ1n) is 8.53. The van der Waals surface area contributed by atoms with E-state index in [1.165, 1.54) is 13.0 Å². The number of carbonyl (C=O) groups is 1. The lowest BCUT2D eigenvalue weighted by atomic mass is 9.94. The molecule has 0 bridgehead atoms.